The molecule has 0 aromatic carbocycles. The lowest BCUT2D eigenvalue weighted by Crippen LogP contribution is -2.09. The van der Waals surface area contributed by atoms with Crippen molar-refractivity contribution in [2.24, 2.45) is 5.92 Å². The van der Waals surface area contributed by atoms with Gasteiger partial charge in [-0.25, -0.2) is 0 Å². The van der Waals surface area contributed by atoms with E-state index in [1.54, 1.807) is 13.8 Å². The van der Waals surface area contributed by atoms with Crippen molar-refractivity contribution in [1.82, 2.24) is 0 Å². The first-order valence-electron chi connectivity index (χ1n) is 5.87. The standard InChI is InChI=1S/C11H24FO2P/c1-5-7-8-11(6-2)9-14-15(12,13)10(3)4/h10-11H,5-9H2,1-4H3. The molecule has 15 heavy (non-hydrogen) atoms. The third-order valence-electron chi connectivity index (χ3n) is 2.65. The molecule has 0 fully saturated rings. The molecule has 0 amide bonds. The van der Waals surface area contributed by atoms with Crippen molar-refractivity contribution in [3.8, 4) is 0 Å². The zero-order valence-electron chi connectivity index (χ0n) is 10.3. The van der Waals surface area contributed by atoms with Crippen LogP contribution >= 0.6 is 7.68 Å². The first kappa shape index (κ1) is 15.1. The summed E-state index contributed by atoms with van der Waals surface area (Å²) in [4.78, 5) is 0. The molecule has 2 atom stereocenters. The van der Waals surface area contributed by atoms with Crippen LogP contribution in [0.1, 0.15) is 53.4 Å². The predicted octanol–water partition coefficient (Wildman–Crippen LogP) is 4.79. The van der Waals surface area contributed by atoms with Gasteiger partial charge in [-0.15, -0.1) is 0 Å². The Morgan fingerprint density at radius 3 is 2.33 bits per heavy atom. The molecule has 4 heteroatoms. The fraction of sp³-hybridized carbons (Fsp3) is 1.00. The number of halogens is 1. The van der Waals surface area contributed by atoms with Gasteiger partial charge in [0.05, 0.1) is 12.3 Å². The van der Waals surface area contributed by atoms with E-state index >= 15 is 0 Å². The van der Waals surface area contributed by atoms with Gasteiger partial charge in [0.1, 0.15) is 0 Å². The van der Waals surface area contributed by atoms with Crippen molar-refractivity contribution >= 4 is 7.68 Å². The van der Waals surface area contributed by atoms with Crippen molar-refractivity contribution in [3.05, 3.63) is 0 Å². The predicted molar refractivity (Wildman–Crippen MR) is 63.1 cm³/mol. The molecule has 0 heterocycles. The second-order valence-electron chi connectivity index (χ2n) is 4.33. The molecule has 0 aromatic rings. The fourth-order valence-corrected chi connectivity index (χ4v) is 1.97. The van der Waals surface area contributed by atoms with Gasteiger partial charge in [0.2, 0.25) is 0 Å². The number of rotatable bonds is 8. The second kappa shape index (κ2) is 7.40. The second-order valence-corrected chi connectivity index (χ2v) is 6.66. The Labute approximate surface area is 93.2 Å². The van der Waals surface area contributed by atoms with Gasteiger partial charge in [-0.3, -0.25) is 4.57 Å². The maximum atomic E-state index is 13.4. The molecule has 0 spiro atoms. The molecule has 2 nitrogen and oxygen atoms in total. The van der Waals surface area contributed by atoms with Gasteiger partial charge in [-0.05, 0) is 12.3 Å². The zero-order valence-corrected chi connectivity index (χ0v) is 11.2. The van der Waals surface area contributed by atoms with E-state index in [-0.39, 0.29) is 0 Å². The lowest BCUT2D eigenvalue weighted by molar-refractivity contribution is 0.216. The van der Waals surface area contributed by atoms with E-state index in [4.69, 9.17) is 4.52 Å². The lowest BCUT2D eigenvalue weighted by Gasteiger charge is -2.18. The Morgan fingerprint density at radius 1 is 1.33 bits per heavy atom. The SMILES string of the molecule is CCCCC(CC)COP(=O)(F)C(C)C. The molecular weight excluding hydrogens is 214 g/mol. The minimum Gasteiger partial charge on any atom is -0.305 e. The van der Waals surface area contributed by atoms with E-state index < -0.39 is 13.3 Å². The van der Waals surface area contributed by atoms with Gasteiger partial charge < -0.3 is 4.52 Å². The van der Waals surface area contributed by atoms with E-state index in [0.717, 1.165) is 25.7 Å². The first-order chi connectivity index (χ1) is 6.94. The Kier molecular flexibility index (Phi) is 7.46. The van der Waals surface area contributed by atoms with Crippen LogP contribution in [0.5, 0.6) is 0 Å². The highest BCUT2D eigenvalue weighted by molar-refractivity contribution is 7.54. The van der Waals surface area contributed by atoms with Crippen molar-refractivity contribution in [2.75, 3.05) is 6.61 Å². The summed E-state index contributed by atoms with van der Waals surface area (Å²) >= 11 is 0. The molecule has 2 unspecified atom stereocenters. The quantitative estimate of drug-likeness (QED) is 0.568. The van der Waals surface area contributed by atoms with E-state index in [1.165, 1.54) is 0 Å². The van der Waals surface area contributed by atoms with Crippen LogP contribution < -0.4 is 0 Å². The fourth-order valence-electron chi connectivity index (χ4n) is 1.25. The average molecular weight is 238 g/mol. The largest absolute Gasteiger partial charge is 0.369 e. The van der Waals surface area contributed by atoms with Crippen LogP contribution in [0.15, 0.2) is 0 Å². The van der Waals surface area contributed by atoms with Crippen molar-refractivity contribution in [3.63, 3.8) is 0 Å². The minimum absolute atomic E-state index is 0.294. The summed E-state index contributed by atoms with van der Waals surface area (Å²) in [5.74, 6) is 0.341. The highest BCUT2D eigenvalue weighted by atomic mass is 31.2. The summed E-state index contributed by atoms with van der Waals surface area (Å²) < 4.78 is 29.6. The topological polar surface area (TPSA) is 26.3 Å². The Hall–Kier alpha value is 0.120. The molecule has 0 aliphatic rings. The summed E-state index contributed by atoms with van der Waals surface area (Å²) in [6.07, 6.45) is 4.25. The van der Waals surface area contributed by atoms with Crippen LogP contribution in [0.3, 0.4) is 0 Å². The lowest BCUT2D eigenvalue weighted by atomic mass is 10.0. The maximum Gasteiger partial charge on any atom is 0.369 e. The summed E-state index contributed by atoms with van der Waals surface area (Å²) in [5.41, 5.74) is -0.527. The van der Waals surface area contributed by atoms with Gasteiger partial charge >= 0.3 is 7.68 Å². The molecule has 0 saturated heterocycles. The summed E-state index contributed by atoms with van der Waals surface area (Å²) in [5, 5.41) is 0. The van der Waals surface area contributed by atoms with Gasteiger partial charge in [0.25, 0.3) is 0 Å². The number of unbranched alkanes of at least 4 members (excludes halogenated alkanes) is 1. The maximum absolute atomic E-state index is 13.4. The Balaban J connectivity index is 3.94. The molecular formula is C11H24FO2P. The third-order valence-corrected chi connectivity index (χ3v) is 4.38. The normalized spacial score (nSPS) is 17.7. The molecule has 0 radical (unpaired) electrons. The molecule has 92 valence electrons. The van der Waals surface area contributed by atoms with Gasteiger partial charge in [-0.1, -0.05) is 47.0 Å². The van der Waals surface area contributed by atoms with E-state index in [9.17, 15) is 8.76 Å². The number of hydrogen-bond acceptors (Lipinski definition) is 2. The molecule has 0 aromatic heterocycles. The summed E-state index contributed by atoms with van der Waals surface area (Å²) in [6.45, 7) is 7.66. The first-order valence-corrected chi connectivity index (χ1v) is 7.46. The summed E-state index contributed by atoms with van der Waals surface area (Å²) in [6, 6.07) is 0. The van der Waals surface area contributed by atoms with Crippen LogP contribution in [0, 0.1) is 5.92 Å². The number of hydrogen-bond donors (Lipinski definition) is 0. The van der Waals surface area contributed by atoms with Crippen LogP contribution in [0.25, 0.3) is 0 Å². The van der Waals surface area contributed by atoms with E-state index in [1.807, 2.05) is 0 Å². The molecule has 0 bridgehead atoms. The smallest absolute Gasteiger partial charge is 0.305 e. The minimum atomic E-state index is -3.86. The van der Waals surface area contributed by atoms with Crippen LogP contribution in [0.2, 0.25) is 0 Å². The monoisotopic (exact) mass is 238 g/mol. The average Bonchev–Trinajstić information content (AvgIpc) is 2.18. The van der Waals surface area contributed by atoms with Crippen molar-refractivity contribution < 1.29 is 13.3 Å². The van der Waals surface area contributed by atoms with Crippen LogP contribution in [-0.2, 0) is 9.09 Å². The van der Waals surface area contributed by atoms with Gasteiger partial charge in [0, 0.05) is 0 Å². The molecule has 0 aliphatic heterocycles. The van der Waals surface area contributed by atoms with Crippen LogP contribution in [0.4, 0.5) is 4.20 Å². The van der Waals surface area contributed by atoms with E-state index in [0.29, 0.717) is 12.5 Å². The van der Waals surface area contributed by atoms with Crippen molar-refractivity contribution in [2.45, 2.75) is 59.0 Å². The molecule has 0 rings (SSSR count). The molecule has 0 N–H and O–H groups in total. The van der Waals surface area contributed by atoms with Crippen molar-refractivity contribution in [1.29, 1.82) is 0 Å². The highest BCUT2D eigenvalue weighted by Crippen LogP contribution is 2.53. The molecule has 0 saturated carbocycles. The summed E-state index contributed by atoms with van der Waals surface area (Å²) in [7, 11) is -3.86. The van der Waals surface area contributed by atoms with Gasteiger partial charge in [0.15, 0.2) is 0 Å². The highest BCUT2D eigenvalue weighted by Gasteiger charge is 2.27. The molecule has 0 aliphatic carbocycles. The van der Waals surface area contributed by atoms with Gasteiger partial charge in [-0.2, -0.15) is 4.20 Å². The Morgan fingerprint density at radius 2 is 1.93 bits per heavy atom. The van der Waals surface area contributed by atoms with E-state index in [2.05, 4.69) is 13.8 Å². The zero-order chi connectivity index (χ0) is 11.9. The van der Waals surface area contributed by atoms with Crippen LogP contribution in [-0.4, -0.2) is 12.3 Å². The Bertz CT molecular complexity index is 207. The third kappa shape index (κ3) is 6.32.